The van der Waals surface area contributed by atoms with Gasteiger partial charge in [-0.3, -0.25) is 19.0 Å². The van der Waals surface area contributed by atoms with Crippen LogP contribution < -0.4 is 17.0 Å². The molecule has 4 N–H and O–H groups in total. The monoisotopic (exact) mass is 569 g/mol. The number of amides is 2. The van der Waals surface area contributed by atoms with Crippen LogP contribution in [0.4, 0.5) is 5.69 Å². The van der Waals surface area contributed by atoms with Crippen LogP contribution in [0.15, 0.2) is 82.7 Å². The van der Waals surface area contributed by atoms with Gasteiger partial charge in [0.2, 0.25) is 11.8 Å². The number of fused-ring (bicyclic) bond motifs is 1. The number of rotatable bonds is 9. The Morgan fingerprint density at radius 3 is 2.44 bits per heavy atom. The number of nitrogen functional groups attached to an aromatic ring is 1. The molecule has 1 aromatic heterocycles. The molecule has 0 bridgehead atoms. The molecule has 41 heavy (non-hydrogen) atoms. The van der Waals surface area contributed by atoms with Crippen molar-refractivity contribution in [1.29, 1.82) is 0 Å². The summed E-state index contributed by atoms with van der Waals surface area (Å²) in [5, 5.41) is 0.573. The average Bonchev–Trinajstić information content (AvgIpc) is 2.99. The third kappa shape index (κ3) is 6.30. The van der Waals surface area contributed by atoms with Gasteiger partial charge < -0.3 is 16.4 Å². The first-order chi connectivity index (χ1) is 19.9. The summed E-state index contributed by atoms with van der Waals surface area (Å²) in [6.45, 7) is 3.09. The van der Waals surface area contributed by atoms with Gasteiger partial charge in [0.05, 0.1) is 21.8 Å². The number of carbonyl (C=O) groups excluding carboxylic acids is 2. The number of thioether (sulfide) groups is 1. The minimum atomic E-state index is -0.417. The number of para-hydroxylation sites is 1. The Hall–Kier alpha value is -4.11. The van der Waals surface area contributed by atoms with E-state index in [0.717, 1.165) is 24.0 Å². The molecule has 1 aliphatic heterocycles. The molecule has 9 heteroatoms. The Morgan fingerprint density at radius 1 is 1.00 bits per heavy atom. The lowest BCUT2D eigenvalue weighted by Crippen LogP contribution is -2.45. The Kier molecular flexibility index (Phi) is 8.73. The Labute approximate surface area is 243 Å². The molecule has 3 aromatic carbocycles. The molecule has 2 amide bonds. The van der Waals surface area contributed by atoms with E-state index in [1.54, 1.807) is 10.6 Å². The van der Waals surface area contributed by atoms with Crippen LogP contribution in [0, 0.1) is 5.92 Å². The van der Waals surface area contributed by atoms with Gasteiger partial charge in [0.25, 0.3) is 5.56 Å². The van der Waals surface area contributed by atoms with Crippen molar-refractivity contribution < 1.29 is 9.59 Å². The standard InChI is InChI=1S/C32H35N5O3S/c1-2-3-11-28(31(40)36-18-16-22(17-19-36)29(34)38)41-32-35-27-10-5-4-9-26(27)30(39)37(32)25-8-6-7-23(20-25)21-12-14-24(33)15-13-21/h4-10,12-15,20,22,28H,2-3,11,16-19,33H2,1H3,(H2,34,38). The fraction of sp³-hybridized carbons (Fsp3) is 0.312. The average molecular weight is 570 g/mol. The molecule has 4 aromatic rings. The van der Waals surface area contributed by atoms with Crippen molar-refractivity contribution in [3.63, 3.8) is 0 Å². The normalized spacial score (nSPS) is 14.7. The number of aromatic nitrogens is 2. The van der Waals surface area contributed by atoms with Gasteiger partial charge in [0.15, 0.2) is 5.16 Å². The quantitative estimate of drug-likeness (QED) is 0.166. The molecule has 0 saturated carbocycles. The van der Waals surface area contributed by atoms with Crippen molar-refractivity contribution in [2.24, 2.45) is 11.7 Å². The fourth-order valence-electron chi connectivity index (χ4n) is 5.26. The Balaban J connectivity index is 1.55. The van der Waals surface area contributed by atoms with Gasteiger partial charge in [-0.15, -0.1) is 0 Å². The van der Waals surface area contributed by atoms with Crippen LogP contribution in [0.25, 0.3) is 27.7 Å². The lowest BCUT2D eigenvalue weighted by Gasteiger charge is -2.33. The van der Waals surface area contributed by atoms with E-state index in [0.29, 0.717) is 59.8 Å². The van der Waals surface area contributed by atoms with Gasteiger partial charge in [-0.2, -0.15) is 0 Å². The molecule has 1 aliphatic rings. The van der Waals surface area contributed by atoms with Crippen LogP contribution in [0.3, 0.4) is 0 Å². The number of anilines is 1. The van der Waals surface area contributed by atoms with Crippen LogP contribution in [0.1, 0.15) is 39.0 Å². The molecule has 1 atom stereocenters. The molecule has 0 spiro atoms. The van der Waals surface area contributed by atoms with E-state index in [1.165, 1.54) is 11.8 Å². The number of carbonyl (C=O) groups is 2. The summed E-state index contributed by atoms with van der Waals surface area (Å²) in [5.41, 5.74) is 15.1. The van der Waals surface area contributed by atoms with Gasteiger partial charge >= 0.3 is 0 Å². The number of nitrogens with two attached hydrogens (primary N) is 2. The second-order valence-electron chi connectivity index (χ2n) is 10.5. The molecule has 2 heterocycles. The smallest absolute Gasteiger partial charge is 0.266 e. The first-order valence-electron chi connectivity index (χ1n) is 14.1. The summed E-state index contributed by atoms with van der Waals surface area (Å²) < 4.78 is 1.62. The van der Waals surface area contributed by atoms with E-state index in [-0.39, 0.29) is 23.3 Å². The highest BCUT2D eigenvalue weighted by Gasteiger charge is 2.31. The minimum absolute atomic E-state index is 0.0101. The second kappa shape index (κ2) is 12.6. The number of hydrogen-bond acceptors (Lipinski definition) is 6. The van der Waals surface area contributed by atoms with E-state index in [4.69, 9.17) is 16.5 Å². The summed E-state index contributed by atoms with van der Waals surface area (Å²) in [6.07, 6.45) is 3.61. The van der Waals surface area contributed by atoms with E-state index in [2.05, 4.69) is 6.92 Å². The fourth-order valence-corrected chi connectivity index (χ4v) is 6.49. The number of nitrogens with zero attached hydrogens (tertiary/aromatic N) is 3. The largest absolute Gasteiger partial charge is 0.399 e. The first-order valence-corrected chi connectivity index (χ1v) is 15.0. The molecule has 8 nitrogen and oxygen atoms in total. The van der Waals surface area contributed by atoms with Crippen molar-refractivity contribution in [3.8, 4) is 16.8 Å². The maximum absolute atomic E-state index is 14.0. The van der Waals surface area contributed by atoms with Gasteiger partial charge in [-0.25, -0.2) is 4.98 Å². The molecule has 0 aliphatic carbocycles. The van der Waals surface area contributed by atoms with Crippen molar-refractivity contribution in [2.45, 2.75) is 49.4 Å². The highest BCUT2D eigenvalue weighted by Crippen LogP contribution is 2.32. The van der Waals surface area contributed by atoms with Crippen LogP contribution in [-0.2, 0) is 9.59 Å². The summed E-state index contributed by atoms with van der Waals surface area (Å²) >= 11 is 1.34. The highest BCUT2D eigenvalue weighted by molar-refractivity contribution is 8.00. The molecular weight excluding hydrogens is 534 g/mol. The molecule has 5 rings (SSSR count). The van der Waals surface area contributed by atoms with E-state index >= 15 is 0 Å². The maximum Gasteiger partial charge on any atom is 0.266 e. The van der Waals surface area contributed by atoms with Crippen LogP contribution in [0.2, 0.25) is 0 Å². The number of piperidine rings is 1. The van der Waals surface area contributed by atoms with Crippen molar-refractivity contribution >= 4 is 40.2 Å². The lowest BCUT2D eigenvalue weighted by atomic mass is 9.96. The van der Waals surface area contributed by atoms with Crippen LogP contribution >= 0.6 is 11.8 Å². The molecule has 1 saturated heterocycles. The molecular formula is C32H35N5O3S. The van der Waals surface area contributed by atoms with Gasteiger partial charge in [-0.1, -0.05) is 67.9 Å². The lowest BCUT2D eigenvalue weighted by molar-refractivity contribution is -0.134. The van der Waals surface area contributed by atoms with Crippen LogP contribution in [-0.4, -0.2) is 44.6 Å². The Morgan fingerprint density at radius 2 is 1.73 bits per heavy atom. The zero-order chi connectivity index (χ0) is 28.9. The molecule has 1 fully saturated rings. The molecule has 1 unspecified atom stereocenters. The highest BCUT2D eigenvalue weighted by atomic mass is 32.2. The predicted molar refractivity (Wildman–Crippen MR) is 165 cm³/mol. The first kappa shape index (κ1) is 28.4. The predicted octanol–water partition coefficient (Wildman–Crippen LogP) is 5.01. The molecule has 212 valence electrons. The van der Waals surface area contributed by atoms with Gasteiger partial charge in [0.1, 0.15) is 0 Å². The number of likely N-dealkylation sites (tertiary alicyclic amines) is 1. The zero-order valence-corrected chi connectivity index (χ0v) is 24.0. The van der Waals surface area contributed by atoms with Crippen molar-refractivity contribution in [2.75, 3.05) is 18.8 Å². The number of hydrogen-bond donors (Lipinski definition) is 2. The SMILES string of the molecule is CCCCC(Sc1nc2ccccc2c(=O)n1-c1cccc(-c2ccc(N)cc2)c1)C(=O)N1CCC(C(N)=O)CC1. The molecule has 0 radical (unpaired) electrons. The third-order valence-electron chi connectivity index (χ3n) is 7.65. The zero-order valence-electron chi connectivity index (χ0n) is 23.2. The van der Waals surface area contributed by atoms with E-state index in [9.17, 15) is 14.4 Å². The van der Waals surface area contributed by atoms with Gasteiger partial charge in [0, 0.05) is 24.7 Å². The topological polar surface area (TPSA) is 124 Å². The van der Waals surface area contributed by atoms with E-state index < -0.39 is 5.25 Å². The Bertz CT molecular complexity index is 1610. The second-order valence-corrected chi connectivity index (χ2v) is 11.6. The van der Waals surface area contributed by atoms with Gasteiger partial charge in [-0.05, 0) is 66.8 Å². The van der Waals surface area contributed by atoms with Crippen LogP contribution in [0.5, 0.6) is 0 Å². The number of unbranched alkanes of at least 4 members (excludes halogenated alkanes) is 1. The van der Waals surface area contributed by atoms with E-state index in [1.807, 2.05) is 71.6 Å². The third-order valence-corrected chi connectivity index (χ3v) is 8.85. The van der Waals surface area contributed by atoms with Crippen molar-refractivity contribution in [3.05, 3.63) is 83.2 Å². The summed E-state index contributed by atoms with van der Waals surface area (Å²) in [5.74, 6) is -0.489. The summed E-state index contributed by atoms with van der Waals surface area (Å²) in [4.78, 5) is 46.2. The summed E-state index contributed by atoms with van der Waals surface area (Å²) in [7, 11) is 0. The summed E-state index contributed by atoms with van der Waals surface area (Å²) in [6, 6.07) is 22.7. The maximum atomic E-state index is 14.0. The number of primary amides is 1. The minimum Gasteiger partial charge on any atom is -0.399 e. The number of benzene rings is 3. The van der Waals surface area contributed by atoms with Crippen molar-refractivity contribution in [1.82, 2.24) is 14.5 Å².